The van der Waals surface area contributed by atoms with Gasteiger partial charge in [0.2, 0.25) is 0 Å². The minimum atomic E-state index is -0.188. The van der Waals surface area contributed by atoms with Gasteiger partial charge >= 0.3 is 0 Å². The smallest absolute Gasteiger partial charge is 0.129 e. The van der Waals surface area contributed by atoms with E-state index in [4.69, 9.17) is 11.6 Å². The van der Waals surface area contributed by atoms with E-state index in [9.17, 15) is 4.39 Å². The molecular formula is C17H18ClFN2. The summed E-state index contributed by atoms with van der Waals surface area (Å²) in [6.07, 6.45) is 5.46. The average molecular weight is 305 g/mol. The van der Waals surface area contributed by atoms with Crippen molar-refractivity contribution in [3.63, 3.8) is 0 Å². The van der Waals surface area contributed by atoms with Crippen molar-refractivity contribution in [2.45, 2.75) is 31.8 Å². The Morgan fingerprint density at radius 1 is 1.24 bits per heavy atom. The van der Waals surface area contributed by atoms with Gasteiger partial charge < -0.3 is 5.32 Å². The van der Waals surface area contributed by atoms with Gasteiger partial charge in [0, 0.05) is 18.8 Å². The molecule has 1 aromatic carbocycles. The topological polar surface area (TPSA) is 24.9 Å². The van der Waals surface area contributed by atoms with Crippen molar-refractivity contribution in [2.24, 2.45) is 5.92 Å². The van der Waals surface area contributed by atoms with Crippen LogP contribution in [0.4, 0.5) is 4.39 Å². The largest absolute Gasteiger partial charge is 0.306 e. The summed E-state index contributed by atoms with van der Waals surface area (Å²) in [5.41, 5.74) is 2.27. The lowest BCUT2D eigenvalue weighted by atomic mass is 9.77. The van der Waals surface area contributed by atoms with Gasteiger partial charge in [-0.15, -0.1) is 0 Å². The van der Waals surface area contributed by atoms with Crippen LogP contribution in [0.3, 0.4) is 0 Å². The fourth-order valence-electron chi connectivity index (χ4n) is 2.78. The molecule has 1 fully saturated rings. The monoisotopic (exact) mass is 304 g/mol. The number of benzene rings is 1. The second-order valence-electron chi connectivity index (χ2n) is 5.59. The molecule has 1 N–H and O–H groups in total. The lowest BCUT2D eigenvalue weighted by Crippen LogP contribution is -2.31. The molecule has 0 radical (unpaired) electrons. The van der Waals surface area contributed by atoms with Gasteiger partial charge in [0.1, 0.15) is 11.0 Å². The van der Waals surface area contributed by atoms with E-state index in [-0.39, 0.29) is 11.9 Å². The van der Waals surface area contributed by atoms with Crippen LogP contribution in [-0.4, -0.2) is 4.98 Å². The van der Waals surface area contributed by atoms with Crippen LogP contribution in [0.15, 0.2) is 42.6 Å². The first kappa shape index (κ1) is 14.5. The van der Waals surface area contributed by atoms with Gasteiger partial charge in [0.25, 0.3) is 0 Å². The standard InChI is InChI=1S/C17H18ClFN2/c18-16-10-12(8-9-20-16)11-21-17(13-2-1-3-13)14-4-6-15(19)7-5-14/h4-10,13,17,21H,1-3,11H2/t17-/m1/s1. The van der Waals surface area contributed by atoms with Crippen molar-refractivity contribution >= 4 is 11.6 Å². The Bertz CT molecular complexity index is 596. The molecule has 0 aliphatic heterocycles. The summed E-state index contributed by atoms with van der Waals surface area (Å²) in [7, 11) is 0. The second-order valence-corrected chi connectivity index (χ2v) is 5.98. The van der Waals surface area contributed by atoms with Crippen LogP contribution < -0.4 is 5.32 Å². The fraction of sp³-hybridized carbons (Fsp3) is 0.353. The molecule has 1 aliphatic rings. The molecule has 2 aromatic rings. The van der Waals surface area contributed by atoms with Crippen molar-refractivity contribution in [3.8, 4) is 0 Å². The van der Waals surface area contributed by atoms with Crippen LogP contribution in [0.1, 0.15) is 36.4 Å². The molecule has 0 amide bonds. The third-order valence-corrected chi connectivity index (χ3v) is 4.37. The normalized spacial score (nSPS) is 16.5. The zero-order valence-corrected chi connectivity index (χ0v) is 12.5. The van der Waals surface area contributed by atoms with Gasteiger partial charge in [0.05, 0.1) is 0 Å². The molecule has 1 aliphatic carbocycles. The average Bonchev–Trinajstić information content (AvgIpc) is 2.42. The number of nitrogens with zero attached hydrogens (tertiary/aromatic N) is 1. The number of nitrogens with one attached hydrogen (secondary N) is 1. The minimum absolute atomic E-state index is 0.188. The summed E-state index contributed by atoms with van der Waals surface area (Å²) >= 11 is 5.92. The van der Waals surface area contributed by atoms with Crippen LogP contribution in [0.5, 0.6) is 0 Å². The molecule has 3 rings (SSSR count). The highest BCUT2D eigenvalue weighted by molar-refractivity contribution is 6.29. The van der Waals surface area contributed by atoms with E-state index in [0.717, 1.165) is 17.7 Å². The Kier molecular flexibility index (Phi) is 4.51. The molecular weight excluding hydrogens is 287 g/mol. The summed E-state index contributed by atoms with van der Waals surface area (Å²) in [4.78, 5) is 3.99. The van der Waals surface area contributed by atoms with Crippen molar-refractivity contribution < 1.29 is 4.39 Å². The predicted molar refractivity (Wildman–Crippen MR) is 82.6 cm³/mol. The third kappa shape index (κ3) is 3.60. The Morgan fingerprint density at radius 3 is 2.62 bits per heavy atom. The molecule has 0 bridgehead atoms. The van der Waals surface area contributed by atoms with Gasteiger partial charge in [-0.1, -0.05) is 30.2 Å². The number of hydrogen-bond donors (Lipinski definition) is 1. The van der Waals surface area contributed by atoms with E-state index >= 15 is 0 Å². The van der Waals surface area contributed by atoms with Gasteiger partial charge in [-0.2, -0.15) is 0 Å². The number of hydrogen-bond acceptors (Lipinski definition) is 2. The Morgan fingerprint density at radius 2 is 2.00 bits per heavy atom. The maximum Gasteiger partial charge on any atom is 0.129 e. The Balaban J connectivity index is 1.72. The second kappa shape index (κ2) is 6.54. The van der Waals surface area contributed by atoms with Crippen molar-refractivity contribution in [1.29, 1.82) is 0 Å². The third-order valence-electron chi connectivity index (χ3n) is 4.17. The molecule has 2 nitrogen and oxygen atoms in total. The number of rotatable bonds is 5. The van der Waals surface area contributed by atoms with Gasteiger partial charge in [-0.25, -0.2) is 9.37 Å². The first-order chi connectivity index (χ1) is 10.2. The zero-order chi connectivity index (χ0) is 14.7. The summed E-state index contributed by atoms with van der Waals surface area (Å²) in [5.74, 6) is 0.444. The molecule has 0 spiro atoms. The SMILES string of the molecule is Fc1ccc([C@H](NCc2ccnc(Cl)c2)C2CCC2)cc1. The molecule has 0 saturated heterocycles. The quantitative estimate of drug-likeness (QED) is 0.822. The molecule has 110 valence electrons. The number of halogens is 2. The predicted octanol–water partition coefficient (Wildman–Crippen LogP) is 4.51. The van der Waals surface area contributed by atoms with Crippen LogP contribution in [0.2, 0.25) is 5.15 Å². The van der Waals surface area contributed by atoms with Crippen LogP contribution in [0, 0.1) is 11.7 Å². The van der Waals surface area contributed by atoms with Crippen molar-refractivity contribution in [1.82, 2.24) is 10.3 Å². The molecule has 1 heterocycles. The molecule has 1 saturated carbocycles. The van der Waals surface area contributed by atoms with Crippen LogP contribution >= 0.6 is 11.6 Å². The fourth-order valence-corrected chi connectivity index (χ4v) is 2.98. The molecule has 1 atom stereocenters. The Labute approximate surface area is 129 Å². The minimum Gasteiger partial charge on any atom is -0.306 e. The zero-order valence-electron chi connectivity index (χ0n) is 11.7. The molecule has 0 unspecified atom stereocenters. The first-order valence-electron chi connectivity index (χ1n) is 7.31. The molecule has 4 heteroatoms. The summed E-state index contributed by atoms with van der Waals surface area (Å²) in [6, 6.07) is 10.9. The number of pyridine rings is 1. The van der Waals surface area contributed by atoms with E-state index in [1.165, 1.54) is 31.4 Å². The van der Waals surface area contributed by atoms with Crippen molar-refractivity contribution in [2.75, 3.05) is 0 Å². The van der Waals surface area contributed by atoms with E-state index < -0.39 is 0 Å². The van der Waals surface area contributed by atoms with Gasteiger partial charge in [0.15, 0.2) is 0 Å². The maximum atomic E-state index is 13.1. The van der Waals surface area contributed by atoms with E-state index in [1.807, 2.05) is 24.3 Å². The Hall–Kier alpha value is -1.45. The van der Waals surface area contributed by atoms with E-state index in [0.29, 0.717) is 11.1 Å². The maximum absolute atomic E-state index is 13.1. The van der Waals surface area contributed by atoms with E-state index in [2.05, 4.69) is 10.3 Å². The van der Waals surface area contributed by atoms with Crippen molar-refractivity contribution in [3.05, 3.63) is 64.7 Å². The first-order valence-corrected chi connectivity index (χ1v) is 7.69. The molecule has 1 aromatic heterocycles. The highest BCUT2D eigenvalue weighted by atomic mass is 35.5. The summed E-state index contributed by atoms with van der Waals surface area (Å²) < 4.78 is 13.1. The van der Waals surface area contributed by atoms with E-state index in [1.54, 1.807) is 6.20 Å². The summed E-state index contributed by atoms with van der Waals surface area (Å²) in [5, 5.41) is 4.10. The lowest BCUT2D eigenvalue weighted by molar-refractivity contribution is 0.229. The lowest BCUT2D eigenvalue weighted by Gasteiger charge is -2.35. The highest BCUT2D eigenvalue weighted by Crippen LogP contribution is 2.37. The van der Waals surface area contributed by atoms with Crippen LogP contribution in [0.25, 0.3) is 0 Å². The summed E-state index contributed by atoms with van der Waals surface area (Å²) in [6.45, 7) is 0.737. The van der Waals surface area contributed by atoms with Gasteiger partial charge in [-0.05, 0) is 54.2 Å². The number of aromatic nitrogens is 1. The molecule has 21 heavy (non-hydrogen) atoms. The van der Waals surface area contributed by atoms with Crippen LogP contribution in [-0.2, 0) is 6.54 Å². The van der Waals surface area contributed by atoms with Gasteiger partial charge in [-0.3, -0.25) is 0 Å². The highest BCUT2D eigenvalue weighted by Gasteiger charge is 2.28.